The van der Waals surface area contributed by atoms with E-state index in [4.69, 9.17) is 16.0 Å². The molecule has 0 N–H and O–H groups in total. The fourth-order valence-electron chi connectivity index (χ4n) is 1.24. The molecule has 82 valence electrons. The second-order valence-electron chi connectivity index (χ2n) is 3.06. The first kappa shape index (κ1) is 11.4. The van der Waals surface area contributed by atoms with Gasteiger partial charge in [0.05, 0.1) is 5.56 Å². The number of carbonyl (C=O) groups is 1. The monoisotopic (exact) mass is 302 g/mol. The molecule has 2 aromatic rings. The van der Waals surface area contributed by atoms with Gasteiger partial charge in [0.25, 0.3) is 0 Å². The number of carbonyl (C=O) groups excluding carboxylic acids is 1. The first-order valence-electron chi connectivity index (χ1n) is 4.33. The molecule has 5 heteroatoms. The van der Waals surface area contributed by atoms with Crippen LogP contribution in [0.1, 0.15) is 16.1 Å². The van der Waals surface area contributed by atoms with Crippen molar-refractivity contribution in [2.75, 3.05) is 0 Å². The smallest absolute Gasteiger partial charge is 0.231 e. The average Bonchev–Trinajstić information content (AvgIpc) is 2.67. The minimum absolute atomic E-state index is 0.0157. The van der Waals surface area contributed by atoms with Crippen LogP contribution in [0, 0.1) is 5.82 Å². The molecule has 2 rings (SSSR count). The Kier molecular flexibility index (Phi) is 3.12. The van der Waals surface area contributed by atoms with Crippen LogP contribution in [-0.4, -0.2) is 5.78 Å². The molecule has 0 atom stereocenters. The molecule has 0 aliphatic rings. The number of hydrogen-bond donors (Lipinski definition) is 0. The van der Waals surface area contributed by atoms with Crippen LogP contribution in [0.25, 0.3) is 0 Å². The number of hydrogen-bond acceptors (Lipinski definition) is 2. The molecule has 0 amide bonds. The van der Waals surface area contributed by atoms with E-state index in [0.29, 0.717) is 4.47 Å². The Morgan fingerprint density at radius 2 is 2.06 bits per heavy atom. The lowest BCUT2D eigenvalue weighted by molar-refractivity contribution is 0.101. The van der Waals surface area contributed by atoms with Crippen molar-refractivity contribution < 1.29 is 13.6 Å². The third-order valence-electron chi connectivity index (χ3n) is 1.97. The van der Waals surface area contributed by atoms with Crippen LogP contribution in [0.5, 0.6) is 0 Å². The summed E-state index contributed by atoms with van der Waals surface area (Å²) >= 11 is 8.71. The maximum absolute atomic E-state index is 13.4. The van der Waals surface area contributed by atoms with Crippen LogP contribution >= 0.6 is 27.5 Å². The first-order chi connectivity index (χ1) is 7.58. The summed E-state index contributed by atoms with van der Waals surface area (Å²) in [5.41, 5.74) is -0.0552. The highest BCUT2D eigenvalue weighted by Crippen LogP contribution is 2.21. The van der Waals surface area contributed by atoms with Crippen molar-refractivity contribution in [1.29, 1.82) is 0 Å². The Morgan fingerprint density at radius 1 is 1.31 bits per heavy atom. The second-order valence-corrected chi connectivity index (χ2v) is 4.35. The van der Waals surface area contributed by atoms with E-state index in [1.165, 1.54) is 30.3 Å². The highest BCUT2D eigenvalue weighted by molar-refractivity contribution is 9.10. The van der Waals surface area contributed by atoms with Gasteiger partial charge in [-0.3, -0.25) is 4.79 Å². The molecule has 1 heterocycles. The van der Waals surface area contributed by atoms with Gasteiger partial charge in [0, 0.05) is 4.47 Å². The van der Waals surface area contributed by atoms with E-state index >= 15 is 0 Å². The van der Waals surface area contributed by atoms with Gasteiger partial charge in [0.1, 0.15) is 5.82 Å². The first-order valence-corrected chi connectivity index (χ1v) is 5.50. The summed E-state index contributed by atoms with van der Waals surface area (Å²) in [4.78, 5) is 11.8. The van der Waals surface area contributed by atoms with Gasteiger partial charge in [-0.05, 0) is 41.9 Å². The summed E-state index contributed by atoms with van der Waals surface area (Å²) in [7, 11) is 0. The van der Waals surface area contributed by atoms with Crippen LogP contribution < -0.4 is 0 Å². The molecule has 0 bridgehead atoms. The summed E-state index contributed by atoms with van der Waals surface area (Å²) in [5, 5.41) is 0.0961. The standard InChI is InChI=1S/C11H5BrClFO2/c12-6-1-2-8(14)7(5-6)11(15)9-3-4-10(13)16-9/h1-5H. The Hall–Kier alpha value is -1.13. The summed E-state index contributed by atoms with van der Waals surface area (Å²) in [6.07, 6.45) is 0. The van der Waals surface area contributed by atoms with Gasteiger partial charge in [-0.25, -0.2) is 4.39 Å². The number of rotatable bonds is 2. The quantitative estimate of drug-likeness (QED) is 0.783. The minimum Gasteiger partial charge on any atom is -0.441 e. The van der Waals surface area contributed by atoms with Crippen LogP contribution in [0.2, 0.25) is 5.22 Å². The minimum atomic E-state index is -0.597. The molecule has 0 fully saturated rings. The van der Waals surface area contributed by atoms with Crippen LogP contribution in [0.15, 0.2) is 39.2 Å². The van der Waals surface area contributed by atoms with E-state index in [1.54, 1.807) is 0 Å². The average molecular weight is 304 g/mol. The van der Waals surface area contributed by atoms with Crippen LogP contribution in [0.3, 0.4) is 0 Å². The third-order valence-corrected chi connectivity index (χ3v) is 2.67. The van der Waals surface area contributed by atoms with E-state index in [-0.39, 0.29) is 16.5 Å². The fraction of sp³-hybridized carbons (Fsp3) is 0. The maximum atomic E-state index is 13.4. The zero-order valence-electron chi connectivity index (χ0n) is 7.84. The Labute approximate surface area is 104 Å². The van der Waals surface area contributed by atoms with Crippen molar-refractivity contribution in [3.8, 4) is 0 Å². The zero-order chi connectivity index (χ0) is 11.7. The van der Waals surface area contributed by atoms with Gasteiger partial charge >= 0.3 is 0 Å². The summed E-state index contributed by atoms with van der Waals surface area (Å²) < 4.78 is 18.9. The van der Waals surface area contributed by atoms with E-state index in [1.807, 2.05) is 0 Å². The van der Waals surface area contributed by atoms with E-state index in [2.05, 4.69) is 15.9 Å². The second kappa shape index (κ2) is 4.39. The predicted molar refractivity (Wildman–Crippen MR) is 61.3 cm³/mol. The van der Waals surface area contributed by atoms with E-state index < -0.39 is 11.6 Å². The third kappa shape index (κ3) is 2.18. The van der Waals surface area contributed by atoms with E-state index in [9.17, 15) is 9.18 Å². The lowest BCUT2D eigenvalue weighted by Gasteiger charge is -2.00. The highest BCUT2D eigenvalue weighted by atomic mass is 79.9. The molecule has 0 aliphatic carbocycles. The molecule has 1 aromatic heterocycles. The zero-order valence-corrected chi connectivity index (χ0v) is 10.2. The van der Waals surface area contributed by atoms with Gasteiger partial charge in [0.15, 0.2) is 11.0 Å². The predicted octanol–water partition coefficient (Wildman–Crippen LogP) is 4.07. The normalized spacial score (nSPS) is 10.4. The number of ketones is 1. The van der Waals surface area contributed by atoms with Crippen LogP contribution in [-0.2, 0) is 0 Å². The van der Waals surface area contributed by atoms with Gasteiger partial charge in [0.2, 0.25) is 5.78 Å². The van der Waals surface area contributed by atoms with Crippen molar-refractivity contribution >= 4 is 33.3 Å². The number of furan rings is 1. The molecular formula is C11H5BrClFO2. The summed E-state index contributed by atoms with van der Waals surface area (Å²) in [6, 6.07) is 6.97. The molecule has 0 aliphatic heterocycles. The van der Waals surface area contributed by atoms with Crippen molar-refractivity contribution in [2.45, 2.75) is 0 Å². The Morgan fingerprint density at radius 3 is 2.69 bits per heavy atom. The largest absolute Gasteiger partial charge is 0.441 e. The molecule has 0 unspecified atom stereocenters. The van der Waals surface area contributed by atoms with Crippen LogP contribution in [0.4, 0.5) is 4.39 Å². The maximum Gasteiger partial charge on any atom is 0.231 e. The van der Waals surface area contributed by atoms with E-state index in [0.717, 1.165) is 0 Å². The van der Waals surface area contributed by atoms with Gasteiger partial charge in [-0.15, -0.1) is 0 Å². The van der Waals surface area contributed by atoms with Gasteiger partial charge in [-0.1, -0.05) is 15.9 Å². The van der Waals surface area contributed by atoms with Crippen molar-refractivity contribution in [2.24, 2.45) is 0 Å². The molecule has 0 saturated carbocycles. The molecule has 2 nitrogen and oxygen atoms in total. The molecule has 0 saturated heterocycles. The van der Waals surface area contributed by atoms with Gasteiger partial charge in [-0.2, -0.15) is 0 Å². The Bertz CT molecular complexity index is 551. The fourth-order valence-corrected chi connectivity index (χ4v) is 1.75. The van der Waals surface area contributed by atoms with Crippen molar-refractivity contribution in [3.63, 3.8) is 0 Å². The topological polar surface area (TPSA) is 30.2 Å². The molecule has 16 heavy (non-hydrogen) atoms. The van der Waals surface area contributed by atoms with Gasteiger partial charge < -0.3 is 4.42 Å². The summed E-state index contributed by atoms with van der Waals surface area (Å²) in [6.45, 7) is 0. The molecule has 1 aromatic carbocycles. The molecular weight excluding hydrogens is 298 g/mol. The van der Waals surface area contributed by atoms with Crippen molar-refractivity contribution in [3.05, 3.63) is 57.2 Å². The lowest BCUT2D eigenvalue weighted by Crippen LogP contribution is -2.02. The Balaban J connectivity index is 2.45. The number of halogens is 3. The SMILES string of the molecule is O=C(c1ccc(Cl)o1)c1cc(Br)ccc1F. The molecule has 0 spiro atoms. The molecule has 0 radical (unpaired) electrons. The highest BCUT2D eigenvalue weighted by Gasteiger charge is 2.17. The lowest BCUT2D eigenvalue weighted by atomic mass is 10.1. The number of benzene rings is 1. The van der Waals surface area contributed by atoms with Crippen molar-refractivity contribution in [1.82, 2.24) is 0 Å². The summed E-state index contributed by atoms with van der Waals surface area (Å²) in [5.74, 6) is -1.12.